The molecule has 0 heterocycles. The van der Waals surface area contributed by atoms with Crippen LogP contribution in [0.3, 0.4) is 0 Å². The standard InChI is InChI=1S/C24H33FN2O4/c25-23(20-31-16-8-15-30-14-7-13-26-24(28)29)19-27(17-21-9-3-1-4-10-21)18-22-11-5-2-6-12-22/h1-6,9-12,23,26H,7-8,13-20H2,(H,28,29). The highest BCUT2D eigenvalue weighted by Gasteiger charge is 2.15. The van der Waals surface area contributed by atoms with Crippen molar-refractivity contribution in [2.45, 2.75) is 32.1 Å². The monoisotopic (exact) mass is 432 g/mol. The van der Waals surface area contributed by atoms with Crippen molar-refractivity contribution in [2.24, 2.45) is 0 Å². The van der Waals surface area contributed by atoms with Crippen LogP contribution < -0.4 is 5.32 Å². The Morgan fingerprint density at radius 1 is 0.903 bits per heavy atom. The molecule has 0 aliphatic carbocycles. The summed E-state index contributed by atoms with van der Waals surface area (Å²) in [5.41, 5.74) is 2.31. The molecular weight excluding hydrogens is 399 g/mol. The van der Waals surface area contributed by atoms with Crippen LogP contribution in [0.5, 0.6) is 0 Å². The molecule has 2 rings (SSSR count). The summed E-state index contributed by atoms with van der Waals surface area (Å²) >= 11 is 0. The van der Waals surface area contributed by atoms with Crippen molar-refractivity contribution in [3.8, 4) is 0 Å². The maximum atomic E-state index is 14.6. The van der Waals surface area contributed by atoms with E-state index in [4.69, 9.17) is 14.6 Å². The first-order valence-electron chi connectivity index (χ1n) is 10.7. The van der Waals surface area contributed by atoms with Gasteiger partial charge in [-0.1, -0.05) is 60.7 Å². The molecule has 2 aromatic carbocycles. The van der Waals surface area contributed by atoms with Crippen LogP contribution in [-0.2, 0) is 22.6 Å². The van der Waals surface area contributed by atoms with Gasteiger partial charge in [0.1, 0.15) is 6.17 Å². The van der Waals surface area contributed by atoms with Gasteiger partial charge >= 0.3 is 6.09 Å². The average Bonchev–Trinajstić information content (AvgIpc) is 2.76. The normalized spacial score (nSPS) is 12.1. The number of nitrogens with zero attached hydrogens (tertiary/aromatic N) is 1. The number of hydrogen-bond acceptors (Lipinski definition) is 4. The molecule has 7 heteroatoms. The Labute approximate surface area is 184 Å². The molecule has 1 amide bonds. The third kappa shape index (κ3) is 12.1. The average molecular weight is 433 g/mol. The number of nitrogens with one attached hydrogen (secondary N) is 1. The van der Waals surface area contributed by atoms with Crippen molar-refractivity contribution in [3.05, 3.63) is 71.8 Å². The van der Waals surface area contributed by atoms with Crippen molar-refractivity contribution >= 4 is 6.09 Å². The predicted molar refractivity (Wildman–Crippen MR) is 119 cm³/mol. The highest BCUT2D eigenvalue weighted by molar-refractivity contribution is 5.64. The van der Waals surface area contributed by atoms with Crippen molar-refractivity contribution in [2.75, 3.05) is 39.5 Å². The van der Waals surface area contributed by atoms with Gasteiger partial charge in [0, 0.05) is 46.0 Å². The second-order valence-electron chi connectivity index (χ2n) is 7.36. The number of carboxylic acid groups (broad SMARTS) is 1. The molecule has 1 atom stereocenters. The number of hydrogen-bond donors (Lipinski definition) is 2. The van der Waals surface area contributed by atoms with Crippen molar-refractivity contribution in [1.29, 1.82) is 0 Å². The van der Waals surface area contributed by atoms with Gasteiger partial charge in [-0.25, -0.2) is 9.18 Å². The molecule has 0 aromatic heterocycles. The van der Waals surface area contributed by atoms with Crippen molar-refractivity contribution < 1.29 is 23.8 Å². The topological polar surface area (TPSA) is 71.0 Å². The Morgan fingerprint density at radius 3 is 2.03 bits per heavy atom. The Kier molecular flexibility index (Phi) is 12.3. The maximum Gasteiger partial charge on any atom is 0.404 e. The second-order valence-corrected chi connectivity index (χ2v) is 7.36. The van der Waals surface area contributed by atoms with Crippen LogP contribution in [0.2, 0.25) is 0 Å². The van der Waals surface area contributed by atoms with E-state index in [9.17, 15) is 9.18 Å². The number of benzene rings is 2. The fraction of sp³-hybridized carbons (Fsp3) is 0.458. The van der Waals surface area contributed by atoms with Gasteiger partial charge in [0.2, 0.25) is 0 Å². The van der Waals surface area contributed by atoms with Crippen molar-refractivity contribution in [1.82, 2.24) is 10.2 Å². The first kappa shape index (κ1) is 24.8. The first-order valence-corrected chi connectivity index (χ1v) is 10.7. The fourth-order valence-electron chi connectivity index (χ4n) is 3.15. The highest BCUT2D eigenvalue weighted by Crippen LogP contribution is 2.12. The SMILES string of the molecule is O=C(O)NCCCOCCCOCC(F)CN(Cc1ccccc1)Cc1ccccc1. The van der Waals surface area contributed by atoms with Crippen LogP contribution in [0.4, 0.5) is 9.18 Å². The third-order valence-electron chi connectivity index (χ3n) is 4.57. The summed E-state index contributed by atoms with van der Waals surface area (Å²) in [6.45, 7) is 3.53. The van der Waals surface area contributed by atoms with E-state index in [2.05, 4.69) is 34.5 Å². The Hall–Kier alpha value is -2.48. The maximum absolute atomic E-state index is 14.6. The largest absolute Gasteiger partial charge is 0.465 e. The molecule has 0 saturated carbocycles. The molecular formula is C24H33FN2O4. The lowest BCUT2D eigenvalue weighted by molar-refractivity contribution is 0.0416. The second kappa shape index (κ2) is 15.3. The molecule has 2 aromatic rings. The first-order chi connectivity index (χ1) is 15.1. The Bertz CT molecular complexity index is 677. The van der Waals surface area contributed by atoms with E-state index in [-0.39, 0.29) is 6.61 Å². The van der Waals surface area contributed by atoms with Gasteiger partial charge in [-0.3, -0.25) is 4.90 Å². The summed E-state index contributed by atoms with van der Waals surface area (Å²) in [4.78, 5) is 12.4. The molecule has 6 nitrogen and oxygen atoms in total. The van der Waals surface area contributed by atoms with E-state index in [1.807, 2.05) is 36.4 Å². The minimum Gasteiger partial charge on any atom is -0.465 e. The van der Waals surface area contributed by atoms with Crippen LogP contribution in [0.15, 0.2) is 60.7 Å². The molecule has 170 valence electrons. The number of carbonyl (C=O) groups is 1. The lowest BCUT2D eigenvalue weighted by atomic mass is 10.1. The van der Waals surface area contributed by atoms with Crippen LogP contribution in [0, 0.1) is 0 Å². The van der Waals surface area contributed by atoms with Gasteiger partial charge in [0.15, 0.2) is 0 Å². The molecule has 0 aliphatic rings. The summed E-state index contributed by atoms with van der Waals surface area (Å²) in [7, 11) is 0. The zero-order valence-corrected chi connectivity index (χ0v) is 17.9. The Morgan fingerprint density at radius 2 is 1.45 bits per heavy atom. The molecule has 31 heavy (non-hydrogen) atoms. The molecule has 0 aliphatic heterocycles. The van der Waals surface area contributed by atoms with Gasteiger partial charge < -0.3 is 19.9 Å². The summed E-state index contributed by atoms with van der Waals surface area (Å²) in [6.07, 6.45) is -0.800. The van der Waals surface area contributed by atoms with E-state index in [0.717, 1.165) is 11.1 Å². The number of amides is 1. The number of halogens is 1. The van der Waals surface area contributed by atoms with Gasteiger partial charge in [-0.05, 0) is 24.0 Å². The lowest BCUT2D eigenvalue weighted by Gasteiger charge is -2.24. The Balaban J connectivity index is 1.64. The van der Waals surface area contributed by atoms with Crippen LogP contribution in [0.1, 0.15) is 24.0 Å². The zero-order valence-electron chi connectivity index (χ0n) is 17.9. The fourth-order valence-corrected chi connectivity index (χ4v) is 3.15. The van der Waals surface area contributed by atoms with E-state index in [0.29, 0.717) is 58.8 Å². The zero-order chi connectivity index (χ0) is 22.2. The summed E-state index contributed by atoms with van der Waals surface area (Å²) in [5, 5.41) is 10.7. The van der Waals surface area contributed by atoms with E-state index >= 15 is 0 Å². The minimum atomic E-state index is -1.07. The molecule has 0 saturated heterocycles. The highest BCUT2D eigenvalue weighted by atomic mass is 19.1. The number of ether oxygens (including phenoxy) is 2. The summed E-state index contributed by atoms with van der Waals surface area (Å²) in [6, 6.07) is 20.2. The van der Waals surface area contributed by atoms with Gasteiger partial charge in [0.05, 0.1) is 6.61 Å². The van der Waals surface area contributed by atoms with Crippen LogP contribution in [-0.4, -0.2) is 61.8 Å². The molecule has 0 radical (unpaired) electrons. The molecule has 0 spiro atoms. The van der Waals surface area contributed by atoms with Crippen LogP contribution in [0.25, 0.3) is 0 Å². The van der Waals surface area contributed by atoms with Gasteiger partial charge in [-0.15, -0.1) is 0 Å². The number of alkyl halides is 1. The molecule has 2 N–H and O–H groups in total. The predicted octanol–water partition coefficient (Wildman–Crippen LogP) is 4.11. The third-order valence-corrected chi connectivity index (χ3v) is 4.57. The summed E-state index contributed by atoms with van der Waals surface area (Å²) < 4.78 is 25.5. The quantitative estimate of drug-likeness (QED) is 0.391. The minimum absolute atomic E-state index is 0.0581. The van der Waals surface area contributed by atoms with E-state index in [1.165, 1.54) is 0 Å². The van der Waals surface area contributed by atoms with E-state index < -0.39 is 12.3 Å². The molecule has 0 bridgehead atoms. The molecule has 0 fully saturated rings. The van der Waals surface area contributed by atoms with Crippen molar-refractivity contribution in [3.63, 3.8) is 0 Å². The van der Waals surface area contributed by atoms with Gasteiger partial charge in [0.25, 0.3) is 0 Å². The smallest absolute Gasteiger partial charge is 0.404 e. The number of rotatable bonds is 16. The summed E-state index contributed by atoms with van der Waals surface area (Å²) in [5.74, 6) is 0. The lowest BCUT2D eigenvalue weighted by Crippen LogP contribution is -2.32. The van der Waals surface area contributed by atoms with E-state index in [1.54, 1.807) is 0 Å². The molecule has 1 unspecified atom stereocenters. The van der Waals surface area contributed by atoms with Gasteiger partial charge in [-0.2, -0.15) is 0 Å². The van der Waals surface area contributed by atoms with Crippen LogP contribution >= 0.6 is 0 Å².